The first kappa shape index (κ1) is 15.8. The smallest absolute Gasteiger partial charge is 0.184 e. The van der Waals surface area contributed by atoms with Crippen molar-refractivity contribution in [1.29, 1.82) is 5.26 Å². The van der Waals surface area contributed by atoms with Gasteiger partial charge in [0.15, 0.2) is 9.84 Å². The average molecular weight is 344 g/mol. The topological polar surface area (TPSA) is 57.9 Å². The van der Waals surface area contributed by atoms with Gasteiger partial charge in [-0.05, 0) is 36.4 Å². The van der Waals surface area contributed by atoms with Crippen molar-refractivity contribution >= 4 is 33.0 Å². The Bertz CT molecular complexity index is 845. The molecule has 0 spiro atoms. The summed E-state index contributed by atoms with van der Waals surface area (Å²) in [7, 11) is -3.88. The van der Waals surface area contributed by atoms with Crippen molar-refractivity contribution in [1.82, 2.24) is 0 Å². The maximum atomic E-state index is 13.7. The van der Waals surface area contributed by atoms with Crippen LogP contribution in [-0.2, 0) is 15.6 Å². The van der Waals surface area contributed by atoms with Crippen LogP contribution in [0, 0.1) is 17.1 Å². The van der Waals surface area contributed by atoms with Gasteiger partial charge in [-0.1, -0.05) is 23.2 Å². The van der Waals surface area contributed by atoms with Crippen molar-refractivity contribution < 1.29 is 12.8 Å². The van der Waals surface area contributed by atoms with Crippen LogP contribution in [0.1, 0.15) is 11.1 Å². The van der Waals surface area contributed by atoms with E-state index in [2.05, 4.69) is 0 Å². The van der Waals surface area contributed by atoms with Gasteiger partial charge in [-0.15, -0.1) is 0 Å². The number of nitriles is 1. The van der Waals surface area contributed by atoms with Gasteiger partial charge in [0.1, 0.15) is 5.82 Å². The third-order valence-electron chi connectivity index (χ3n) is 2.75. The van der Waals surface area contributed by atoms with Crippen LogP contribution in [0.15, 0.2) is 41.3 Å². The van der Waals surface area contributed by atoms with Gasteiger partial charge in [0.25, 0.3) is 0 Å². The first-order valence-electron chi connectivity index (χ1n) is 5.70. The quantitative estimate of drug-likeness (QED) is 0.846. The van der Waals surface area contributed by atoms with Crippen molar-refractivity contribution in [2.75, 3.05) is 0 Å². The average Bonchev–Trinajstić information content (AvgIpc) is 2.43. The summed E-state index contributed by atoms with van der Waals surface area (Å²) in [6.07, 6.45) is 0. The fraction of sp³-hybridized carbons (Fsp3) is 0.0714. The second-order valence-electron chi connectivity index (χ2n) is 4.25. The summed E-state index contributed by atoms with van der Waals surface area (Å²) in [6, 6.07) is 9.40. The lowest BCUT2D eigenvalue weighted by molar-refractivity contribution is 0.587. The molecule has 0 unspecified atom stereocenters. The molecule has 0 bridgehead atoms. The van der Waals surface area contributed by atoms with E-state index in [1.807, 2.05) is 6.07 Å². The molecule has 0 aliphatic heterocycles. The van der Waals surface area contributed by atoms with E-state index in [0.717, 1.165) is 6.07 Å². The molecule has 0 radical (unpaired) electrons. The number of hydrogen-bond acceptors (Lipinski definition) is 3. The molecule has 108 valence electrons. The zero-order chi connectivity index (χ0) is 15.6. The Morgan fingerprint density at radius 2 is 1.86 bits per heavy atom. The van der Waals surface area contributed by atoms with Crippen molar-refractivity contribution in [2.24, 2.45) is 0 Å². The second-order valence-corrected chi connectivity index (χ2v) is 7.05. The third-order valence-corrected chi connectivity index (χ3v) is 5.12. The molecule has 0 N–H and O–H groups in total. The van der Waals surface area contributed by atoms with Gasteiger partial charge >= 0.3 is 0 Å². The molecule has 0 aliphatic carbocycles. The molecule has 0 aliphatic rings. The van der Waals surface area contributed by atoms with Crippen LogP contribution in [0.3, 0.4) is 0 Å². The summed E-state index contributed by atoms with van der Waals surface area (Å²) in [5.41, 5.74) is 0.0869. The maximum absolute atomic E-state index is 13.7. The lowest BCUT2D eigenvalue weighted by Gasteiger charge is -2.08. The first-order chi connectivity index (χ1) is 9.83. The molecule has 2 rings (SSSR count). The Kier molecular flexibility index (Phi) is 4.52. The summed E-state index contributed by atoms with van der Waals surface area (Å²) in [4.78, 5) is -0.168. The van der Waals surface area contributed by atoms with E-state index >= 15 is 0 Å². The molecule has 0 aromatic heterocycles. The molecule has 7 heteroatoms. The van der Waals surface area contributed by atoms with E-state index in [0.29, 0.717) is 0 Å². The Morgan fingerprint density at radius 1 is 1.14 bits per heavy atom. The summed E-state index contributed by atoms with van der Waals surface area (Å²) >= 11 is 11.6. The van der Waals surface area contributed by atoms with Crippen molar-refractivity contribution in [3.63, 3.8) is 0 Å². The number of halogens is 3. The maximum Gasteiger partial charge on any atom is 0.184 e. The Balaban J connectivity index is 2.47. The van der Waals surface area contributed by atoms with Gasteiger partial charge < -0.3 is 0 Å². The molecule has 0 fully saturated rings. The highest BCUT2D eigenvalue weighted by atomic mass is 35.5. The molecule has 2 aromatic carbocycles. The predicted octanol–water partition coefficient (Wildman–Crippen LogP) is 3.98. The van der Waals surface area contributed by atoms with Crippen LogP contribution in [0.5, 0.6) is 0 Å². The van der Waals surface area contributed by atoms with Crippen LogP contribution >= 0.6 is 23.2 Å². The van der Waals surface area contributed by atoms with Crippen LogP contribution < -0.4 is 0 Å². The monoisotopic (exact) mass is 343 g/mol. The first-order valence-corrected chi connectivity index (χ1v) is 8.10. The molecular formula is C14H8Cl2FNO2S. The molecule has 0 heterocycles. The van der Waals surface area contributed by atoms with Gasteiger partial charge in [-0.2, -0.15) is 5.26 Å². The SMILES string of the molecule is N#Cc1ccc(F)c(CS(=O)(=O)c2cc(Cl)ccc2Cl)c1. The van der Waals surface area contributed by atoms with E-state index in [1.54, 1.807) is 0 Å². The third kappa shape index (κ3) is 3.53. The molecule has 0 atom stereocenters. The van der Waals surface area contributed by atoms with Crippen LogP contribution in [0.4, 0.5) is 4.39 Å². The van der Waals surface area contributed by atoms with Crippen molar-refractivity contribution in [3.8, 4) is 6.07 Å². The Hall–Kier alpha value is -1.61. The lowest BCUT2D eigenvalue weighted by Crippen LogP contribution is -2.07. The van der Waals surface area contributed by atoms with Gasteiger partial charge in [-0.3, -0.25) is 0 Å². The molecule has 3 nitrogen and oxygen atoms in total. The van der Waals surface area contributed by atoms with Crippen molar-refractivity contribution in [3.05, 3.63) is 63.4 Å². The van der Waals surface area contributed by atoms with Gasteiger partial charge in [-0.25, -0.2) is 12.8 Å². The van der Waals surface area contributed by atoms with E-state index in [9.17, 15) is 12.8 Å². The number of sulfone groups is 1. The second kappa shape index (κ2) is 6.02. The molecule has 0 saturated carbocycles. The number of benzene rings is 2. The van der Waals surface area contributed by atoms with Crippen LogP contribution in [-0.4, -0.2) is 8.42 Å². The number of nitrogens with zero attached hydrogens (tertiary/aromatic N) is 1. The standard InChI is InChI=1S/C14H8Cl2FNO2S/c15-11-2-3-12(16)14(6-11)21(19,20)8-10-5-9(7-18)1-4-13(10)17/h1-6H,8H2. The molecule has 0 saturated heterocycles. The van der Waals surface area contributed by atoms with Crippen LogP contribution in [0.25, 0.3) is 0 Å². The highest BCUT2D eigenvalue weighted by Crippen LogP contribution is 2.28. The lowest BCUT2D eigenvalue weighted by atomic mass is 10.1. The van der Waals surface area contributed by atoms with E-state index in [4.69, 9.17) is 28.5 Å². The van der Waals surface area contributed by atoms with E-state index in [1.165, 1.54) is 30.3 Å². The summed E-state index contributed by atoms with van der Waals surface area (Å²) in [5, 5.41) is 9.01. The zero-order valence-corrected chi connectivity index (χ0v) is 12.8. The fourth-order valence-corrected chi connectivity index (χ4v) is 3.92. The minimum atomic E-state index is -3.88. The minimum Gasteiger partial charge on any atom is -0.223 e. The molecule has 21 heavy (non-hydrogen) atoms. The number of hydrogen-bond donors (Lipinski definition) is 0. The largest absolute Gasteiger partial charge is 0.223 e. The zero-order valence-electron chi connectivity index (χ0n) is 10.5. The Morgan fingerprint density at radius 3 is 2.52 bits per heavy atom. The van der Waals surface area contributed by atoms with E-state index < -0.39 is 21.4 Å². The van der Waals surface area contributed by atoms with E-state index in [-0.39, 0.29) is 26.1 Å². The molecule has 2 aromatic rings. The molecule has 0 amide bonds. The summed E-state index contributed by atoms with van der Waals surface area (Å²) in [6.45, 7) is 0. The predicted molar refractivity (Wildman–Crippen MR) is 78.5 cm³/mol. The highest BCUT2D eigenvalue weighted by Gasteiger charge is 2.21. The summed E-state index contributed by atoms with van der Waals surface area (Å²) in [5.74, 6) is -1.30. The minimum absolute atomic E-state index is 0.0104. The number of rotatable bonds is 3. The van der Waals surface area contributed by atoms with Gasteiger partial charge in [0, 0.05) is 10.6 Å². The normalized spacial score (nSPS) is 11.1. The van der Waals surface area contributed by atoms with Crippen molar-refractivity contribution in [2.45, 2.75) is 10.6 Å². The van der Waals surface area contributed by atoms with Gasteiger partial charge in [0.05, 0.1) is 27.3 Å². The fourth-order valence-electron chi connectivity index (χ4n) is 1.75. The van der Waals surface area contributed by atoms with Crippen LogP contribution in [0.2, 0.25) is 10.0 Å². The Labute approximate surface area is 131 Å². The molecular weight excluding hydrogens is 336 g/mol. The highest BCUT2D eigenvalue weighted by molar-refractivity contribution is 7.90. The van der Waals surface area contributed by atoms with Gasteiger partial charge in [0.2, 0.25) is 0 Å². The summed E-state index contributed by atoms with van der Waals surface area (Å²) < 4.78 is 38.4.